The first-order chi connectivity index (χ1) is 7.77. The summed E-state index contributed by atoms with van der Waals surface area (Å²) in [6, 6.07) is 4.63. The highest BCUT2D eigenvalue weighted by Gasteiger charge is 2.05. The summed E-state index contributed by atoms with van der Waals surface area (Å²) in [6.07, 6.45) is 0.819. The molecule has 0 saturated carbocycles. The molecule has 1 N–H and O–H groups in total. The van der Waals surface area contributed by atoms with E-state index in [1.165, 1.54) is 12.1 Å². The first kappa shape index (κ1) is 12.9. The number of halogens is 1. The number of methoxy groups -OCH3 is 1. The van der Waals surface area contributed by atoms with E-state index in [2.05, 4.69) is 5.32 Å². The van der Waals surface area contributed by atoms with Gasteiger partial charge in [-0.15, -0.1) is 0 Å². The number of benzene rings is 1. The molecule has 16 heavy (non-hydrogen) atoms. The SMILES string of the molecule is CNCCc1ccc(F)cc1OCCOC. The smallest absolute Gasteiger partial charge is 0.126 e. The lowest BCUT2D eigenvalue weighted by Crippen LogP contribution is -2.12. The van der Waals surface area contributed by atoms with E-state index in [1.54, 1.807) is 13.2 Å². The van der Waals surface area contributed by atoms with Crippen molar-refractivity contribution in [2.75, 3.05) is 33.9 Å². The van der Waals surface area contributed by atoms with Crippen LogP contribution in [0.5, 0.6) is 5.75 Å². The highest BCUT2D eigenvalue weighted by atomic mass is 19.1. The van der Waals surface area contributed by atoms with E-state index in [-0.39, 0.29) is 5.82 Å². The highest BCUT2D eigenvalue weighted by molar-refractivity contribution is 5.34. The number of hydrogen-bond acceptors (Lipinski definition) is 3. The van der Waals surface area contributed by atoms with Gasteiger partial charge in [0, 0.05) is 13.2 Å². The minimum absolute atomic E-state index is 0.277. The molecule has 90 valence electrons. The molecule has 0 unspecified atom stereocenters. The lowest BCUT2D eigenvalue weighted by atomic mass is 10.1. The van der Waals surface area contributed by atoms with Gasteiger partial charge in [-0.05, 0) is 31.6 Å². The van der Waals surface area contributed by atoms with Gasteiger partial charge in [-0.3, -0.25) is 0 Å². The summed E-state index contributed by atoms with van der Waals surface area (Å²) in [6.45, 7) is 1.78. The molecule has 1 aromatic carbocycles. The van der Waals surface area contributed by atoms with Crippen molar-refractivity contribution in [3.63, 3.8) is 0 Å². The molecule has 0 saturated heterocycles. The van der Waals surface area contributed by atoms with Gasteiger partial charge in [0.25, 0.3) is 0 Å². The van der Waals surface area contributed by atoms with Gasteiger partial charge >= 0.3 is 0 Å². The van der Waals surface area contributed by atoms with Crippen LogP contribution in [-0.2, 0) is 11.2 Å². The fourth-order valence-corrected chi connectivity index (χ4v) is 1.36. The van der Waals surface area contributed by atoms with Crippen LogP contribution in [-0.4, -0.2) is 33.9 Å². The Morgan fingerprint density at radius 3 is 2.81 bits per heavy atom. The van der Waals surface area contributed by atoms with E-state index in [0.29, 0.717) is 19.0 Å². The van der Waals surface area contributed by atoms with Gasteiger partial charge in [0.05, 0.1) is 6.61 Å². The van der Waals surface area contributed by atoms with Gasteiger partial charge in [0.1, 0.15) is 18.2 Å². The molecule has 0 radical (unpaired) electrons. The minimum Gasteiger partial charge on any atom is -0.491 e. The molecule has 4 heteroatoms. The molecule has 0 spiro atoms. The lowest BCUT2D eigenvalue weighted by molar-refractivity contribution is 0.145. The van der Waals surface area contributed by atoms with Crippen LogP contribution in [0.15, 0.2) is 18.2 Å². The Hall–Kier alpha value is -1.13. The predicted octanol–water partition coefficient (Wildman–Crippen LogP) is 1.61. The summed E-state index contributed by atoms with van der Waals surface area (Å²) in [5, 5.41) is 3.05. The highest BCUT2D eigenvalue weighted by Crippen LogP contribution is 2.20. The van der Waals surface area contributed by atoms with Crippen molar-refractivity contribution in [2.24, 2.45) is 0 Å². The van der Waals surface area contributed by atoms with Crippen LogP contribution in [0.2, 0.25) is 0 Å². The molecular weight excluding hydrogens is 209 g/mol. The lowest BCUT2D eigenvalue weighted by Gasteiger charge is -2.11. The topological polar surface area (TPSA) is 30.5 Å². The second kappa shape index (κ2) is 7.19. The number of hydrogen-bond donors (Lipinski definition) is 1. The average molecular weight is 227 g/mol. The maximum atomic E-state index is 13.1. The molecule has 0 aliphatic heterocycles. The largest absolute Gasteiger partial charge is 0.491 e. The third-order valence-electron chi connectivity index (χ3n) is 2.22. The molecule has 0 aliphatic carbocycles. The van der Waals surface area contributed by atoms with E-state index in [9.17, 15) is 4.39 Å². The molecule has 1 aromatic rings. The summed E-state index contributed by atoms with van der Waals surface area (Å²) in [7, 11) is 3.49. The minimum atomic E-state index is -0.277. The van der Waals surface area contributed by atoms with Crippen molar-refractivity contribution in [1.82, 2.24) is 5.32 Å². The first-order valence-electron chi connectivity index (χ1n) is 5.32. The number of nitrogens with one attached hydrogen (secondary N) is 1. The predicted molar refractivity (Wildman–Crippen MR) is 61.4 cm³/mol. The Bertz CT molecular complexity index is 318. The Morgan fingerprint density at radius 1 is 1.31 bits per heavy atom. The Balaban J connectivity index is 2.65. The number of rotatable bonds is 7. The number of likely N-dealkylation sites (N-methyl/N-ethyl adjacent to an activating group) is 1. The second-order valence-corrected chi connectivity index (χ2v) is 3.45. The Morgan fingerprint density at radius 2 is 2.12 bits per heavy atom. The number of ether oxygens (including phenoxy) is 2. The molecule has 0 atom stereocenters. The molecule has 0 fully saturated rings. The van der Waals surface area contributed by atoms with Gasteiger partial charge in [0.2, 0.25) is 0 Å². The fourth-order valence-electron chi connectivity index (χ4n) is 1.36. The Labute approximate surface area is 95.6 Å². The normalized spacial score (nSPS) is 10.4. The average Bonchev–Trinajstić information content (AvgIpc) is 2.28. The zero-order valence-electron chi connectivity index (χ0n) is 9.75. The van der Waals surface area contributed by atoms with Gasteiger partial charge in [-0.1, -0.05) is 6.07 Å². The van der Waals surface area contributed by atoms with Crippen LogP contribution in [0, 0.1) is 5.82 Å². The molecule has 0 bridgehead atoms. The summed E-state index contributed by atoms with van der Waals surface area (Å²) in [5.41, 5.74) is 1.01. The third kappa shape index (κ3) is 4.16. The maximum Gasteiger partial charge on any atom is 0.126 e. The van der Waals surface area contributed by atoms with Crippen molar-refractivity contribution in [1.29, 1.82) is 0 Å². The van der Waals surface area contributed by atoms with Crippen LogP contribution >= 0.6 is 0 Å². The van der Waals surface area contributed by atoms with Gasteiger partial charge in [-0.25, -0.2) is 4.39 Å². The summed E-state index contributed by atoms with van der Waals surface area (Å²) < 4.78 is 23.4. The molecule has 0 amide bonds. The van der Waals surface area contributed by atoms with Crippen molar-refractivity contribution in [3.8, 4) is 5.75 Å². The second-order valence-electron chi connectivity index (χ2n) is 3.45. The Kier molecular flexibility index (Phi) is 5.82. The van der Waals surface area contributed by atoms with E-state index in [1.807, 2.05) is 7.05 Å². The zero-order chi connectivity index (χ0) is 11.8. The maximum absolute atomic E-state index is 13.1. The molecule has 1 rings (SSSR count). The van der Waals surface area contributed by atoms with E-state index in [4.69, 9.17) is 9.47 Å². The molecule has 0 heterocycles. The first-order valence-corrected chi connectivity index (χ1v) is 5.32. The van der Waals surface area contributed by atoms with Gasteiger partial charge in [0.15, 0.2) is 0 Å². The van der Waals surface area contributed by atoms with E-state index >= 15 is 0 Å². The standard InChI is InChI=1S/C12H18FNO2/c1-14-6-5-10-3-4-11(13)9-12(10)16-8-7-15-2/h3-4,9,14H,5-8H2,1-2H3. The van der Waals surface area contributed by atoms with Crippen LogP contribution in [0.1, 0.15) is 5.56 Å². The van der Waals surface area contributed by atoms with Crippen LogP contribution in [0.3, 0.4) is 0 Å². The summed E-state index contributed by atoms with van der Waals surface area (Å²) in [5.74, 6) is 0.327. The quantitative estimate of drug-likeness (QED) is 0.718. The van der Waals surface area contributed by atoms with Gasteiger partial charge in [-0.2, -0.15) is 0 Å². The summed E-state index contributed by atoms with van der Waals surface area (Å²) in [4.78, 5) is 0. The monoisotopic (exact) mass is 227 g/mol. The van der Waals surface area contributed by atoms with Crippen molar-refractivity contribution < 1.29 is 13.9 Å². The summed E-state index contributed by atoms with van der Waals surface area (Å²) >= 11 is 0. The third-order valence-corrected chi connectivity index (χ3v) is 2.22. The zero-order valence-corrected chi connectivity index (χ0v) is 9.75. The van der Waals surface area contributed by atoms with Gasteiger partial charge < -0.3 is 14.8 Å². The van der Waals surface area contributed by atoms with Crippen LogP contribution in [0.4, 0.5) is 4.39 Å². The molecule has 0 aromatic heterocycles. The molecule has 3 nitrogen and oxygen atoms in total. The molecule has 0 aliphatic rings. The van der Waals surface area contributed by atoms with Crippen molar-refractivity contribution >= 4 is 0 Å². The van der Waals surface area contributed by atoms with Crippen molar-refractivity contribution in [2.45, 2.75) is 6.42 Å². The van der Waals surface area contributed by atoms with Crippen molar-refractivity contribution in [3.05, 3.63) is 29.6 Å². The fraction of sp³-hybridized carbons (Fsp3) is 0.500. The van der Waals surface area contributed by atoms with Crippen LogP contribution in [0.25, 0.3) is 0 Å². The van der Waals surface area contributed by atoms with E-state index < -0.39 is 0 Å². The van der Waals surface area contributed by atoms with Crippen LogP contribution < -0.4 is 10.1 Å². The molecular formula is C12H18FNO2. The van der Waals surface area contributed by atoms with E-state index in [0.717, 1.165) is 18.5 Å².